The lowest BCUT2D eigenvalue weighted by molar-refractivity contribution is -0.134. The molecule has 1 atom stereocenters. The van der Waals surface area contributed by atoms with Gasteiger partial charge >= 0.3 is 5.51 Å². The summed E-state index contributed by atoms with van der Waals surface area (Å²) in [4.78, 5) is 56.0. The Morgan fingerprint density at radius 2 is 1.71 bits per heavy atom. The summed E-state index contributed by atoms with van der Waals surface area (Å²) in [6.07, 6.45) is 2.99. The average Bonchev–Trinajstić information content (AvgIpc) is 3.48. The molecule has 3 heterocycles. The number of benzene rings is 3. The van der Waals surface area contributed by atoms with E-state index in [9.17, 15) is 32.3 Å². The van der Waals surface area contributed by atoms with Crippen LogP contribution in [0.15, 0.2) is 86.9 Å². The molecule has 6 rings (SSSR count). The summed E-state index contributed by atoms with van der Waals surface area (Å²) in [5.41, 5.74) is -2.24. The Kier molecular flexibility index (Phi) is 10.4. The number of alkyl halides is 3. The second kappa shape index (κ2) is 14.7. The number of rotatable bonds is 9. The molecule has 1 aromatic heterocycles. The van der Waals surface area contributed by atoms with Crippen LogP contribution in [0.5, 0.6) is 0 Å². The van der Waals surface area contributed by atoms with Gasteiger partial charge in [0.2, 0.25) is 11.8 Å². The molecule has 3 aromatic carbocycles. The molecule has 0 aliphatic carbocycles. The molecule has 13 heteroatoms. The molecule has 2 fully saturated rings. The fraction of sp³-hybridized carbons (Fsp3) is 0.333. The van der Waals surface area contributed by atoms with E-state index in [4.69, 9.17) is 16.0 Å². The van der Waals surface area contributed by atoms with Gasteiger partial charge in [0.05, 0.1) is 5.39 Å². The Morgan fingerprint density at radius 1 is 0.980 bits per heavy atom. The molecule has 3 amide bonds. The first kappa shape index (κ1) is 34.6. The summed E-state index contributed by atoms with van der Waals surface area (Å²) >= 11 is 5.71. The molecule has 2 aliphatic rings. The Balaban J connectivity index is 1.18. The van der Waals surface area contributed by atoms with E-state index in [2.05, 4.69) is 17.4 Å². The summed E-state index contributed by atoms with van der Waals surface area (Å²) in [6.45, 7) is 2.24. The number of thioether (sulfide) groups is 1. The maximum absolute atomic E-state index is 14.0. The number of hydrogen-bond donors (Lipinski definition) is 1. The van der Waals surface area contributed by atoms with Crippen molar-refractivity contribution in [3.63, 3.8) is 0 Å². The monoisotopic (exact) mass is 711 g/mol. The van der Waals surface area contributed by atoms with E-state index in [1.54, 1.807) is 29.2 Å². The highest BCUT2D eigenvalue weighted by molar-refractivity contribution is 8.00. The van der Waals surface area contributed by atoms with Gasteiger partial charge in [-0.3, -0.25) is 19.2 Å². The van der Waals surface area contributed by atoms with E-state index in [-0.39, 0.29) is 57.5 Å². The van der Waals surface area contributed by atoms with E-state index in [1.165, 1.54) is 11.6 Å². The second-order valence-electron chi connectivity index (χ2n) is 12.3. The van der Waals surface area contributed by atoms with Gasteiger partial charge in [-0.15, -0.1) is 0 Å². The van der Waals surface area contributed by atoms with E-state index in [0.29, 0.717) is 43.9 Å². The van der Waals surface area contributed by atoms with Gasteiger partial charge in [0, 0.05) is 55.0 Å². The maximum atomic E-state index is 14.0. The van der Waals surface area contributed by atoms with Crippen LogP contribution in [-0.4, -0.2) is 58.7 Å². The fourth-order valence-corrected chi connectivity index (χ4v) is 7.22. The van der Waals surface area contributed by atoms with Crippen LogP contribution in [0.1, 0.15) is 58.8 Å². The number of nitrogens with one attached hydrogen (secondary N) is 1. The van der Waals surface area contributed by atoms with Crippen LogP contribution < -0.4 is 10.7 Å². The van der Waals surface area contributed by atoms with Gasteiger partial charge in [-0.1, -0.05) is 48.0 Å². The van der Waals surface area contributed by atoms with Crippen LogP contribution in [-0.2, 0) is 22.6 Å². The Bertz CT molecular complexity index is 1930. The SMILES string of the molecule is O=C(N[C@H](Cc1ccc(Cl)cc1)C(=O)N1CCC(c2ccccc2CN2CCCC2=O)CC1)c1cc(=O)c2cc(SC(F)(F)F)ccc2o1. The van der Waals surface area contributed by atoms with Crippen molar-refractivity contribution in [1.82, 2.24) is 15.1 Å². The number of nitrogens with zero attached hydrogens (tertiary/aromatic N) is 2. The lowest BCUT2D eigenvalue weighted by atomic mass is 9.86. The van der Waals surface area contributed by atoms with Crippen molar-refractivity contribution in [2.45, 2.75) is 61.0 Å². The van der Waals surface area contributed by atoms with Crippen LogP contribution >= 0.6 is 23.4 Å². The number of carbonyl (C=O) groups excluding carboxylic acids is 3. The van der Waals surface area contributed by atoms with Crippen molar-refractivity contribution in [3.05, 3.63) is 110 Å². The molecular formula is C36H33ClF3N3O5S. The molecule has 0 bridgehead atoms. The highest BCUT2D eigenvalue weighted by Crippen LogP contribution is 2.37. The van der Waals surface area contributed by atoms with Crippen molar-refractivity contribution in [3.8, 4) is 0 Å². The van der Waals surface area contributed by atoms with Crippen molar-refractivity contribution in [1.29, 1.82) is 0 Å². The van der Waals surface area contributed by atoms with E-state index in [0.717, 1.165) is 42.3 Å². The zero-order chi connectivity index (χ0) is 34.7. The minimum Gasteiger partial charge on any atom is -0.451 e. The molecule has 2 saturated heterocycles. The normalized spacial score (nSPS) is 16.3. The Labute approximate surface area is 289 Å². The average molecular weight is 712 g/mol. The molecule has 1 N–H and O–H groups in total. The molecule has 0 radical (unpaired) electrons. The molecular weight excluding hydrogens is 679 g/mol. The smallest absolute Gasteiger partial charge is 0.446 e. The molecule has 2 aliphatic heterocycles. The van der Waals surface area contributed by atoms with E-state index in [1.807, 2.05) is 17.0 Å². The lowest BCUT2D eigenvalue weighted by Gasteiger charge is -2.35. The Morgan fingerprint density at radius 3 is 2.41 bits per heavy atom. The number of amides is 3. The quantitative estimate of drug-likeness (QED) is 0.189. The van der Waals surface area contributed by atoms with Crippen molar-refractivity contribution in [2.75, 3.05) is 19.6 Å². The van der Waals surface area contributed by atoms with Crippen LogP contribution in [0.4, 0.5) is 13.2 Å². The van der Waals surface area contributed by atoms with Crippen molar-refractivity contribution in [2.24, 2.45) is 0 Å². The van der Waals surface area contributed by atoms with Gasteiger partial charge in [0.1, 0.15) is 11.6 Å². The molecule has 4 aromatic rings. The molecule has 0 spiro atoms. The largest absolute Gasteiger partial charge is 0.451 e. The Hall–Kier alpha value is -4.29. The number of fused-ring (bicyclic) bond motifs is 1. The van der Waals surface area contributed by atoms with Gasteiger partial charge in [-0.2, -0.15) is 13.2 Å². The molecule has 0 unspecified atom stereocenters. The standard InChI is InChI=1S/C36H33ClF3N3O5S/c37-25-9-7-22(8-10-25)18-29(41-34(46)32-20-30(44)28-19-26(49-36(38,39)40)11-12-31(28)48-32)35(47)42-16-13-23(14-17-42)27-5-2-1-4-24(27)21-43-15-3-6-33(43)45/h1-2,4-5,7-12,19-20,23,29H,3,6,13-18,21H2,(H,41,46)/t29-/m1/s1. The minimum absolute atomic E-state index is 0.0544. The second-order valence-corrected chi connectivity index (χ2v) is 13.8. The van der Waals surface area contributed by atoms with E-state index >= 15 is 0 Å². The summed E-state index contributed by atoms with van der Waals surface area (Å²) in [7, 11) is 0. The summed E-state index contributed by atoms with van der Waals surface area (Å²) in [6, 6.07) is 18.4. The number of likely N-dealkylation sites (tertiary alicyclic amines) is 2. The number of piperidine rings is 1. The molecule has 49 heavy (non-hydrogen) atoms. The van der Waals surface area contributed by atoms with E-state index < -0.39 is 22.9 Å². The predicted octanol–water partition coefficient (Wildman–Crippen LogP) is 6.93. The van der Waals surface area contributed by atoms with Gasteiger partial charge in [-0.25, -0.2) is 0 Å². The highest BCUT2D eigenvalue weighted by atomic mass is 35.5. The van der Waals surface area contributed by atoms with Crippen molar-refractivity contribution < 1.29 is 32.0 Å². The van der Waals surface area contributed by atoms with Crippen LogP contribution in [0.25, 0.3) is 11.0 Å². The maximum Gasteiger partial charge on any atom is 0.446 e. The van der Waals surface area contributed by atoms with Gasteiger partial charge < -0.3 is 19.5 Å². The first-order chi connectivity index (χ1) is 23.4. The van der Waals surface area contributed by atoms with Crippen LogP contribution in [0.3, 0.4) is 0 Å². The van der Waals surface area contributed by atoms with Gasteiger partial charge in [0.25, 0.3) is 5.91 Å². The summed E-state index contributed by atoms with van der Waals surface area (Å²) in [5.74, 6) is -1.10. The third kappa shape index (κ3) is 8.48. The van der Waals surface area contributed by atoms with Crippen molar-refractivity contribution >= 4 is 52.1 Å². The van der Waals surface area contributed by atoms with Crippen LogP contribution in [0, 0.1) is 0 Å². The highest BCUT2D eigenvalue weighted by Gasteiger charge is 2.33. The number of hydrogen-bond acceptors (Lipinski definition) is 6. The third-order valence-electron chi connectivity index (χ3n) is 8.95. The summed E-state index contributed by atoms with van der Waals surface area (Å²) in [5, 5.41) is 3.15. The lowest BCUT2D eigenvalue weighted by Crippen LogP contribution is -2.51. The van der Waals surface area contributed by atoms with Gasteiger partial charge in [-0.05, 0) is 84.0 Å². The zero-order valence-electron chi connectivity index (χ0n) is 26.3. The first-order valence-corrected chi connectivity index (χ1v) is 17.2. The molecule has 8 nitrogen and oxygen atoms in total. The van der Waals surface area contributed by atoms with Gasteiger partial charge in [0.15, 0.2) is 11.2 Å². The zero-order valence-corrected chi connectivity index (χ0v) is 27.9. The topological polar surface area (TPSA) is 99.9 Å². The summed E-state index contributed by atoms with van der Waals surface area (Å²) < 4.78 is 44.2. The third-order valence-corrected chi connectivity index (χ3v) is 9.92. The van der Waals surface area contributed by atoms with Crippen LogP contribution in [0.2, 0.25) is 5.02 Å². The fourth-order valence-electron chi connectivity index (χ4n) is 6.51. The molecule has 256 valence electrons. The first-order valence-electron chi connectivity index (χ1n) is 16.0. The number of halogens is 4. The number of carbonyl (C=O) groups is 3. The molecule has 0 saturated carbocycles. The predicted molar refractivity (Wildman–Crippen MR) is 180 cm³/mol. The minimum atomic E-state index is -4.53.